The largest absolute Gasteiger partial charge is 0.481 e. The van der Waals surface area contributed by atoms with Gasteiger partial charge in [0.15, 0.2) is 0 Å². The highest BCUT2D eigenvalue weighted by atomic mass is 32.1. The van der Waals surface area contributed by atoms with Crippen LogP contribution in [0.15, 0.2) is 40.8 Å². The molecule has 0 aliphatic heterocycles. The summed E-state index contributed by atoms with van der Waals surface area (Å²) >= 11 is 1.41. The van der Waals surface area contributed by atoms with Gasteiger partial charge in [0.05, 0.1) is 31.2 Å². The van der Waals surface area contributed by atoms with Crippen LogP contribution in [0.3, 0.4) is 0 Å². The first kappa shape index (κ1) is 11.9. The Morgan fingerprint density at radius 1 is 1.37 bits per heavy atom. The molecule has 0 aromatic carbocycles. The first-order chi connectivity index (χ1) is 9.28. The molecule has 3 aromatic rings. The average molecular weight is 273 g/mol. The predicted molar refractivity (Wildman–Crippen MR) is 73.8 cm³/mol. The number of hydrogen-bond donors (Lipinski definition) is 0. The van der Waals surface area contributed by atoms with Gasteiger partial charge < -0.3 is 4.74 Å². The number of pyridine rings is 1. The molecule has 0 N–H and O–H groups in total. The average Bonchev–Trinajstić information content (AvgIpc) is 2.91. The minimum atomic E-state index is -0.0374. The molecule has 0 saturated carbocycles. The van der Waals surface area contributed by atoms with E-state index in [1.165, 1.54) is 11.3 Å². The number of hydrogen-bond acceptors (Lipinski definition) is 5. The van der Waals surface area contributed by atoms with Crippen molar-refractivity contribution < 1.29 is 4.74 Å². The van der Waals surface area contributed by atoms with E-state index < -0.39 is 0 Å². The van der Waals surface area contributed by atoms with Gasteiger partial charge in [0.2, 0.25) is 5.88 Å². The van der Waals surface area contributed by atoms with Crippen molar-refractivity contribution in [3.8, 4) is 5.88 Å². The topological polar surface area (TPSA) is 57.0 Å². The van der Waals surface area contributed by atoms with Gasteiger partial charge in [-0.15, -0.1) is 11.3 Å². The lowest BCUT2D eigenvalue weighted by Crippen LogP contribution is -2.20. The van der Waals surface area contributed by atoms with E-state index in [4.69, 9.17) is 4.74 Å². The summed E-state index contributed by atoms with van der Waals surface area (Å²) in [7, 11) is 1.57. The van der Waals surface area contributed by atoms with Gasteiger partial charge in [-0.3, -0.25) is 9.36 Å². The Labute approximate surface area is 113 Å². The third-order valence-electron chi connectivity index (χ3n) is 2.76. The minimum absolute atomic E-state index is 0.0374. The third-order valence-corrected chi connectivity index (χ3v) is 3.65. The fourth-order valence-corrected chi connectivity index (χ4v) is 2.62. The molecule has 0 radical (unpaired) electrons. The Kier molecular flexibility index (Phi) is 3.00. The summed E-state index contributed by atoms with van der Waals surface area (Å²) in [4.78, 5) is 20.8. The molecule has 0 fully saturated rings. The summed E-state index contributed by atoms with van der Waals surface area (Å²) in [5.41, 5.74) is 1.47. The Balaban J connectivity index is 2.00. The van der Waals surface area contributed by atoms with Crippen molar-refractivity contribution in [2.45, 2.75) is 6.54 Å². The molecule has 0 atom stereocenters. The maximum Gasteiger partial charge on any atom is 0.271 e. The Hall–Kier alpha value is -2.21. The Morgan fingerprint density at radius 3 is 3.11 bits per heavy atom. The molecule has 3 aromatic heterocycles. The van der Waals surface area contributed by atoms with E-state index in [0.717, 1.165) is 11.2 Å². The maximum atomic E-state index is 12.2. The van der Waals surface area contributed by atoms with Crippen molar-refractivity contribution in [3.05, 3.63) is 52.0 Å². The fourth-order valence-electron chi connectivity index (χ4n) is 1.83. The number of rotatable bonds is 3. The van der Waals surface area contributed by atoms with E-state index in [0.29, 0.717) is 17.1 Å². The zero-order chi connectivity index (χ0) is 13.2. The quantitative estimate of drug-likeness (QED) is 0.731. The molecule has 0 aliphatic rings. The van der Waals surface area contributed by atoms with Crippen LogP contribution in [0.1, 0.15) is 5.69 Å². The lowest BCUT2D eigenvalue weighted by Gasteiger charge is -2.06. The highest BCUT2D eigenvalue weighted by molar-refractivity contribution is 7.17. The van der Waals surface area contributed by atoms with E-state index in [1.807, 2.05) is 23.6 Å². The van der Waals surface area contributed by atoms with Gasteiger partial charge in [-0.1, -0.05) is 6.07 Å². The first-order valence-corrected chi connectivity index (χ1v) is 6.58. The molecule has 96 valence electrons. The second kappa shape index (κ2) is 4.81. The molecule has 0 amide bonds. The number of nitrogens with zero attached hydrogens (tertiary/aromatic N) is 3. The summed E-state index contributed by atoms with van der Waals surface area (Å²) in [5, 5.41) is 1.87. The number of methoxy groups -OCH3 is 1. The summed E-state index contributed by atoms with van der Waals surface area (Å²) in [6.07, 6.45) is 1.55. The van der Waals surface area contributed by atoms with Crippen LogP contribution in [0.2, 0.25) is 0 Å². The second-order valence-electron chi connectivity index (χ2n) is 3.98. The smallest absolute Gasteiger partial charge is 0.271 e. The normalized spacial score (nSPS) is 10.8. The monoisotopic (exact) mass is 273 g/mol. The van der Waals surface area contributed by atoms with Crippen LogP contribution >= 0.6 is 11.3 Å². The lowest BCUT2D eigenvalue weighted by molar-refractivity contribution is 0.396. The molecule has 0 bridgehead atoms. The van der Waals surface area contributed by atoms with Crippen molar-refractivity contribution in [3.63, 3.8) is 0 Å². The fraction of sp³-hybridized carbons (Fsp3) is 0.154. The van der Waals surface area contributed by atoms with Gasteiger partial charge in [0, 0.05) is 6.07 Å². The summed E-state index contributed by atoms with van der Waals surface area (Å²) < 4.78 is 7.30. The van der Waals surface area contributed by atoms with E-state index in [-0.39, 0.29) is 5.56 Å². The molecule has 5 nitrogen and oxygen atoms in total. The van der Waals surface area contributed by atoms with Gasteiger partial charge in [-0.25, -0.2) is 9.97 Å². The number of thiophene rings is 1. The lowest BCUT2D eigenvalue weighted by atomic mass is 10.3. The SMILES string of the molecule is COc1cccc(Cn2cnc3ccsc3c2=O)n1. The van der Waals surface area contributed by atoms with Gasteiger partial charge in [0.25, 0.3) is 5.56 Å². The van der Waals surface area contributed by atoms with Crippen molar-refractivity contribution in [1.82, 2.24) is 14.5 Å². The number of ether oxygens (including phenoxy) is 1. The maximum absolute atomic E-state index is 12.2. The van der Waals surface area contributed by atoms with Crippen molar-refractivity contribution in [1.29, 1.82) is 0 Å². The zero-order valence-electron chi connectivity index (χ0n) is 10.2. The molecule has 0 saturated heterocycles. The molecular weight excluding hydrogens is 262 g/mol. The number of fused-ring (bicyclic) bond motifs is 1. The summed E-state index contributed by atoms with van der Waals surface area (Å²) in [6, 6.07) is 7.32. The first-order valence-electron chi connectivity index (χ1n) is 5.70. The van der Waals surface area contributed by atoms with E-state index in [2.05, 4.69) is 9.97 Å². The van der Waals surface area contributed by atoms with E-state index in [1.54, 1.807) is 24.1 Å². The highest BCUT2D eigenvalue weighted by Gasteiger charge is 2.06. The van der Waals surface area contributed by atoms with Crippen molar-refractivity contribution in [2.24, 2.45) is 0 Å². The molecule has 19 heavy (non-hydrogen) atoms. The molecular formula is C13H11N3O2S. The Morgan fingerprint density at radius 2 is 2.26 bits per heavy atom. The van der Waals surface area contributed by atoms with Crippen LogP contribution in [-0.2, 0) is 6.54 Å². The van der Waals surface area contributed by atoms with Crippen LogP contribution in [0.25, 0.3) is 10.2 Å². The van der Waals surface area contributed by atoms with Crippen molar-refractivity contribution in [2.75, 3.05) is 7.11 Å². The number of aromatic nitrogens is 3. The molecule has 0 unspecified atom stereocenters. The van der Waals surface area contributed by atoms with Crippen LogP contribution < -0.4 is 10.3 Å². The van der Waals surface area contributed by atoms with Crippen molar-refractivity contribution >= 4 is 21.6 Å². The molecule has 3 rings (SSSR count). The zero-order valence-corrected chi connectivity index (χ0v) is 11.1. The predicted octanol–water partition coefficient (Wildman–Crippen LogP) is 1.91. The van der Waals surface area contributed by atoms with Gasteiger partial charge in [0.1, 0.15) is 4.70 Å². The second-order valence-corrected chi connectivity index (χ2v) is 4.90. The molecule has 0 spiro atoms. The molecule has 6 heteroatoms. The summed E-state index contributed by atoms with van der Waals surface area (Å²) in [6.45, 7) is 0.386. The van der Waals surface area contributed by atoms with Gasteiger partial charge in [-0.2, -0.15) is 0 Å². The van der Waals surface area contributed by atoms with Crippen LogP contribution in [0, 0.1) is 0 Å². The third kappa shape index (κ3) is 2.22. The van der Waals surface area contributed by atoms with E-state index >= 15 is 0 Å². The minimum Gasteiger partial charge on any atom is -0.481 e. The van der Waals surface area contributed by atoms with Gasteiger partial charge in [-0.05, 0) is 17.5 Å². The van der Waals surface area contributed by atoms with Crippen LogP contribution in [0.5, 0.6) is 5.88 Å². The van der Waals surface area contributed by atoms with Gasteiger partial charge >= 0.3 is 0 Å². The van der Waals surface area contributed by atoms with E-state index in [9.17, 15) is 4.79 Å². The van der Waals surface area contributed by atoms with Crippen LogP contribution in [0.4, 0.5) is 0 Å². The highest BCUT2D eigenvalue weighted by Crippen LogP contribution is 2.14. The standard InChI is InChI=1S/C13H11N3O2S/c1-18-11-4-2-3-9(15-11)7-16-8-14-10-5-6-19-12(10)13(16)17/h2-6,8H,7H2,1H3. The Bertz CT molecular complexity index is 779. The molecule has 0 aliphatic carbocycles. The summed E-state index contributed by atoms with van der Waals surface area (Å²) in [5.74, 6) is 0.538. The van der Waals surface area contributed by atoms with Crippen LogP contribution in [-0.4, -0.2) is 21.6 Å². The molecule has 3 heterocycles.